The molecule has 0 spiro atoms. The maximum absolute atomic E-state index is 12.2. The van der Waals surface area contributed by atoms with Crippen molar-refractivity contribution >= 4 is 155 Å². The Balaban J connectivity index is 0.000000291. The zero-order valence-corrected chi connectivity index (χ0v) is 90.4. The number of thiocarbonyl (C=S) groups is 1. The Hall–Kier alpha value is -10.4. The van der Waals surface area contributed by atoms with E-state index >= 15 is 0 Å². The summed E-state index contributed by atoms with van der Waals surface area (Å²) in [7, 11) is 2.02. The zero-order valence-electron chi connectivity index (χ0n) is 84.1. The molecule has 147 heavy (non-hydrogen) atoms. The number of aryl methyl sites for hydroxylation is 4. The molecular formula is C97H135ArCl4N24O18S3+. The number of rotatable bonds is 5. The van der Waals surface area contributed by atoms with Crippen LogP contribution in [0.4, 0.5) is 27.0 Å². The molecule has 0 bridgehead atoms. The molecule has 804 valence electrons. The number of nitrogens with two attached hydrogens (primary N) is 2. The fourth-order valence-corrected chi connectivity index (χ4v) is 18.7. The summed E-state index contributed by atoms with van der Waals surface area (Å²) < 4.78 is 33.1. The van der Waals surface area contributed by atoms with E-state index in [9.17, 15) is 53.4 Å². The molecule has 2 amide bonds. The number of piperidine rings is 1. The van der Waals surface area contributed by atoms with Gasteiger partial charge in [0.15, 0.2) is 9.88 Å². The van der Waals surface area contributed by atoms with Gasteiger partial charge in [0.1, 0.15) is 94.3 Å². The molecule has 42 nitrogen and oxygen atoms in total. The molecule has 5 unspecified atom stereocenters. The van der Waals surface area contributed by atoms with Crippen LogP contribution in [0, 0.1) is 53.2 Å². The number of H-pyrrole nitrogens is 3. The van der Waals surface area contributed by atoms with Gasteiger partial charge in [0.05, 0.1) is 59.6 Å². The number of aromatic amines is 3. The van der Waals surface area contributed by atoms with E-state index in [4.69, 9.17) is 80.3 Å². The van der Waals surface area contributed by atoms with Gasteiger partial charge in [0, 0.05) is 212 Å². The zero-order chi connectivity index (χ0) is 106. The molecule has 11 heterocycles. The van der Waals surface area contributed by atoms with E-state index in [1.807, 2.05) is 55.5 Å². The van der Waals surface area contributed by atoms with Gasteiger partial charge in [-0.1, -0.05) is 37.6 Å². The van der Waals surface area contributed by atoms with Crippen molar-refractivity contribution in [2.75, 3.05) is 80.1 Å². The van der Waals surface area contributed by atoms with Crippen LogP contribution in [0.1, 0.15) is 288 Å². The predicted octanol–water partition coefficient (Wildman–Crippen LogP) is 12.0. The first-order valence-electron chi connectivity index (χ1n) is 47.8. The monoisotopic (exact) mass is 2200 g/mol. The Bertz CT molecular complexity index is 5920. The van der Waals surface area contributed by atoms with E-state index in [0.717, 1.165) is 232 Å². The Labute approximate surface area is 921 Å². The second-order valence-corrected chi connectivity index (χ2v) is 38.9. The van der Waals surface area contributed by atoms with Gasteiger partial charge in [-0.15, -0.1) is 12.4 Å². The largest absolute Gasteiger partial charge is 0.456 e. The second kappa shape index (κ2) is 62.9. The summed E-state index contributed by atoms with van der Waals surface area (Å²) in [5.74, 6) is 1.97. The molecule has 8 aromatic heterocycles. The quantitative estimate of drug-likeness (QED) is 0.0198. The summed E-state index contributed by atoms with van der Waals surface area (Å²) in [4.78, 5) is 183. The molecule has 0 aromatic carbocycles. The van der Waals surface area contributed by atoms with E-state index in [-0.39, 0.29) is 122 Å². The minimum Gasteiger partial charge on any atom is -0.456 e. The molecule has 9 aliphatic carbocycles. The summed E-state index contributed by atoms with van der Waals surface area (Å²) in [6.07, 6.45) is 34.9. The number of esters is 4. The van der Waals surface area contributed by atoms with Crippen LogP contribution in [0.15, 0.2) is 53.9 Å². The molecule has 3 aliphatic heterocycles. The number of Topliss-reactive ketones (excluding diaryl/α,β-unsaturated/α-hetero) is 1. The standard InChI is InChI=1S/C18H26N4O4.C16H24N4O3.C12H17N3O.C9H9ClN2O2.C8H10ClN2.C7H7ClN2.C7H8N2OS.C7H8N2O.C6H10O.C4H6O3.CH4N2S.CO2.CH4.Ar.ClH.HNS/c1-12(23)25-14-6-5-13-15(14)19-11-20-16(13)21-7-9-22(10-8-21)17(24)26-18(2,3)4;1-16(2,3)23-15(22)20-8-6-19(7-9-20)14-11-4-5-12(21)13(11)17-10-18-14;16-10-5-4-9-11(10)13-8-14-12(9)15-6-2-1-3-7-15;1-5(13)14-7-3-2-6-8(7)11-4-12-9(6)10;1-11-5-10-8(9)6-3-2-4-7(6)11;8-7-5-2-1-3-6(5)9-4-10-7;10-6-4-2-1-3-5(4)8-7(11)9-6;10-7-5-2-1-3-6(5)8-4-9-7;1-5-3-2-4-6(5)7;1-3(5)7-4(2)6;2-1(3)4;2-1-3;;;;1-2/h11,14H,5-10H2,1-4H3;10,12,21H,4-9H2,1-3H3;8,10,16H,1-7H2;4,7H,2-3H2,1H3;5H,2-4H2,1H3;4H,1-3H2;1-3H2,(H2,8,9,10,11);4H,1-3H2,(H,8,9,10);5H,2-4H2,1H3;1-2H3;(H4,2,3,4);;1H4;;1H;1H/q;;;;+1;;;;;;;;;;;. The fraction of sp³-hybridized carbons (Fsp3) is 0.577. The van der Waals surface area contributed by atoms with E-state index in [2.05, 4.69) is 135 Å². The van der Waals surface area contributed by atoms with Crippen LogP contribution in [-0.2, 0) is 154 Å². The number of nitrogens with zero attached hydrogens (tertiary/aromatic N) is 18. The molecule has 50 heteroatoms. The number of ether oxygens (including phenoxy) is 5. The van der Waals surface area contributed by atoms with Crippen molar-refractivity contribution in [1.82, 2.24) is 84.6 Å². The van der Waals surface area contributed by atoms with E-state index in [1.54, 1.807) is 22.5 Å². The summed E-state index contributed by atoms with van der Waals surface area (Å²) >= 11 is 29.9. The Kier molecular flexibility index (Phi) is 54.4. The number of hydrogen-bond donors (Lipinski definition) is 8. The number of carbonyl (C=O) groups excluding carboxylic acids is 9. The van der Waals surface area contributed by atoms with Crippen LogP contribution in [0.3, 0.4) is 0 Å². The predicted molar refractivity (Wildman–Crippen MR) is 555 cm³/mol. The average molecular weight is 2200 g/mol. The number of hydrogen-bond acceptors (Lipinski definition) is 37. The molecule has 1 saturated carbocycles. The van der Waals surface area contributed by atoms with Gasteiger partial charge in [-0.25, -0.2) is 73.8 Å². The number of ketones is 1. The summed E-state index contributed by atoms with van der Waals surface area (Å²) in [6.45, 7) is 25.7. The summed E-state index contributed by atoms with van der Waals surface area (Å²) in [5, 5.41) is 21.5. The molecule has 4 fully saturated rings. The average Bonchev–Trinajstić information content (AvgIpc) is 1.68. The smallest absolute Gasteiger partial charge is 0.410 e. The van der Waals surface area contributed by atoms with Gasteiger partial charge in [-0.2, -0.15) is 9.59 Å². The molecule has 10 N–H and O–H groups in total. The van der Waals surface area contributed by atoms with Crippen LogP contribution in [0.25, 0.3) is 0 Å². The number of nitrogens with one attached hydrogen (secondary N) is 4. The van der Waals surface area contributed by atoms with Gasteiger partial charge in [0.2, 0.25) is 5.15 Å². The van der Waals surface area contributed by atoms with Gasteiger partial charge >= 0.3 is 42.2 Å². The number of aliphatic hydroxyl groups excluding tert-OH is 2. The van der Waals surface area contributed by atoms with Gasteiger partial charge < -0.3 is 79.8 Å². The minimum atomic E-state index is -0.562. The first kappa shape index (κ1) is 127. The molecule has 8 aromatic rings. The number of anilines is 3. The van der Waals surface area contributed by atoms with Crippen LogP contribution in [0.5, 0.6) is 0 Å². The van der Waals surface area contributed by atoms with E-state index in [0.29, 0.717) is 90.7 Å². The minimum absolute atomic E-state index is 0. The van der Waals surface area contributed by atoms with Gasteiger partial charge in [-0.05, 0) is 237 Å². The second-order valence-electron chi connectivity index (χ2n) is 37.0. The van der Waals surface area contributed by atoms with Crippen molar-refractivity contribution in [1.29, 1.82) is 4.78 Å². The van der Waals surface area contributed by atoms with Crippen molar-refractivity contribution in [2.45, 2.75) is 286 Å². The van der Waals surface area contributed by atoms with Crippen molar-refractivity contribution in [2.24, 2.45) is 24.4 Å². The Morgan fingerprint density at radius 2 is 0.864 bits per heavy atom. The van der Waals surface area contributed by atoms with Crippen molar-refractivity contribution in [3.8, 4) is 0 Å². The summed E-state index contributed by atoms with van der Waals surface area (Å²) in [5.41, 5.74) is 24.3. The van der Waals surface area contributed by atoms with E-state index in [1.165, 1.54) is 108 Å². The maximum Gasteiger partial charge on any atom is 0.410 e. The first-order valence-corrected chi connectivity index (χ1v) is 50.2. The molecule has 0 radical (unpaired) electrons. The van der Waals surface area contributed by atoms with Crippen molar-refractivity contribution in [3.63, 3.8) is 0 Å². The first-order chi connectivity index (χ1) is 68.5. The van der Waals surface area contributed by atoms with Gasteiger partial charge in [-0.3, -0.25) is 38.5 Å². The molecule has 12 aliphatic rings. The molecule has 5 atom stereocenters. The van der Waals surface area contributed by atoms with Gasteiger partial charge in [0.25, 0.3) is 17.4 Å². The SMILES string of the molecule is C.CC(=O)OC(C)=O.CC(=O)OC1CCc2c(Cl)ncnc21.CC(=O)OC1CCc2c1ncnc2N1CCN(C(=O)OC(C)(C)C)CC1.CC(C)(C)OC(=O)N1CCN(c2ncnc3c2CCC3O)CC1.CC1CCCC1=O.C[n+]1cnc(Cl)c2c1CCC2.Cl.Clc1ncnc2c1CCC2.N=S.NC(N)=S.O=C=O.O=c1[nH]c(=S)[nH]c2c1CCC2.O=c1[nH]cnc2c1CCC2.OC1CCc2c1ncnc2N1CCCCC1.[Ar]. The Morgan fingerprint density at radius 3 is 1.29 bits per heavy atom. The fourth-order valence-electron chi connectivity index (χ4n) is 17.8. The number of carbonyl (C=O) groups is 7. The van der Waals surface area contributed by atoms with Crippen LogP contribution in [0.2, 0.25) is 15.5 Å². The van der Waals surface area contributed by atoms with E-state index < -0.39 is 29.2 Å². The molecule has 3 saturated heterocycles. The third kappa shape index (κ3) is 39.8. The molecule has 20 rings (SSSR count). The van der Waals surface area contributed by atoms with Crippen molar-refractivity contribution in [3.05, 3.63) is 175 Å². The summed E-state index contributed by atoms with van der Waals surface area (Å²) in [6, 6.07) is 0. The third-order valence-corrected chi connectivity index (χ3v) is 25.4. The third-order valence-electron chi connectivity index (χ3n) is 24.2. The normalized spacial score (nSPS) is 17.8. The number of halogens is 4. The number of aromatic nitrogens is 16. The number of piperazine rings is 2. The number of fused-ring (bicyclic) bond motifs is 8. The molecular weight excluding hydrogens is 2070 g/mol. The number of aliphatic hydroxyl groups is 2. The van der Waals surface area contributed by atoms with Crippen molar-refractivity contribution < 1.29 is 119 Å². The van der Waals surface area contributed by atoms with Crippen LogP contribution < -0.4 is 41.9 Å². The Morgan fingerprint density at radius 1 is 0.469 bits per heavy atom. The van der Waals surface area contributed by atoms with Crippen LogP contribution in [-0.4, -0.2) is 225 Å². The topological polar surface area (TPSA) is 572 Å². The number of amides is 2. The maximum atomic E-state index is 12.2. The van der Waals surface area contributed by atoms with Crippen LogP contribution >= 0.6 is 71.6 Å².